The summed E-state index contributed by atoms with van der Waals surface area (Å²) >= 11 is 1.49. The van der Waals surface area contributed by atoms with Crippen molar-refractivity contribution in [2.24, 2.45) is 0 Å². The van der Waals surface area contributed by atoms with Crippen LogP contribution in [0.5, 0.6) is 0 Å². The maximum atomic E-state index is 12.9. The predicted octanol–water partition coefficient (Wildman–Crippen LogP) is 3.99. The molecule has 0 unspecified atom stereocenters. The number of carbonyl (C=O) groups excluding carboxylic acids is 2. The van der Waals surface area contributed by atoms with Gasteiger partial charge in [-0.25, -0.2) is 0 Å². The summed E-state index contributed by atoms with van der Waals surface area (Å²) in [6.07, 6.45) is 0.244. The predicted molar refractivity (Wildman–Crippen MR) is 125 cm³/mol. The van der Waals surface area contributed by atoms with Gasteiger partial charge < -0.3 is 10.2 Å². The minimum absolute atomic E-state index is 0.0665. The lowest BCUT2D eigenvalue weighted by atomic mass is 10.0. The maximum absolute atomic E-state index is 12.9. The van der Waals surface area contributed by atoms with E-state index in [0.29, 0.717) is 13.1 Å². The number of thioether (sulfide) groups is 1. The van der Waals surface area contributed by atoms with E-state index in [1.807, 2.05) is 29.2 Å². The number of fused-ring (bicyclic) bond motifs is 2. The minimum atomic E-state index is -0.365. The Bertz CT molecular complexity index is 1120. The van der Waals surface area contributed by atoms with Crippen LogP contribution in [0.15, 0.2) is 71.6 Å². The normalized spacial score (nSPS) is 19.2. The fourth-order valence-corrected chi connectivity index (χ4v) is 5.44. The summed E-state index contributed by atoms with van der Waals surface area (Å²) in [7, 11) is 0. The van der Waals surface area contributed by atoms with Gasteiger partial charge in [-0.05, 0) is 28.5 Å². The minimum Gasteiger partial charge on any atom is -0.340 e. The quantitative estimate of drug-likeness (QED) is 0.679. The monoisotopic (exact) mass is 431 g/mol. The Morgan fingerprint density at radius 3 is 2.55 bits per heavy atom. The van der Waals surface area contributed by atoms with Gasteiger partial charge >= 0.3 is 0 Å². The second-order valence-corrected chi connectivity index (χ2v) is 9.34. The summed E-state index contributed by atoms with van der Waals surface area (Å²) in [6.45, 7) is 4.00. The molecule has 5 nitrogen and oxygen atoms in total. The molecular formula is C25H25N3O2S. The lowest BCUT2D eigenvalue weighted by Crippen LogP contribution is -2.49. The van der Waals surface area contributed by atoms with Gasteiger partial charge in [-0.3, -0.25) is 14.5 Å². The first-order valence-electron chi connectivity index (χ1n) is 10.7. The first kappa shape index (κ1) is 20.1. The van der Waals surface area contributed by atoms with Crippen molar-refractivity contribution >= 4 is 40.0 Å². The first-order valence-corrected chi connectivity index (χ1v) is 11.6. The summed E-state index contributed by atoms with van der Waals surface area (Å²) in [5.74, 6) is -0.0107. The number of carbonyl (C=O) groups is 2. The molecule has 3 aromatic carbocycles. The third kappa shape index (κ3) is 4.31. The zero-order valence-electron chi connectivity index (χ0n) is 17.3. The third-order valence-electron chi connectivity index (χ3n) is 6.07. The Morgan fingerprint density at radius 2 is 1.68 bits per heavy atom. The van der Waals surface area contributed by atoms with Crippen molar-refractivity contribution in [1.82, 2.24) is 9.80 Å². The van der Waals surface area contributed by atoms with E-state index in [1.54, 1.807) is 0 Å². The van der Waals surface area contributed by atoms with Crippen LogP contribution in [0.2, 0.25) is 0 Å². The van der Waals surface area contributed by atoms with Crippen molar-refractivity contribution in [2.45, 2.75) is 23.1 Å². The molecule has 3 aromatic rings. The van der Waals surface area contributed by atoms with Crippen LogP contribution >= 0.6 is 11.8 Å². The lowest BCUT2D eigenvalue weighted by molar-refractivity contribution is -0.134. The molecule has 2 aliphatic rings. The molecule has 2 heterocycles. The average molecular weight is 432 g/mol. The van der Waals surface area contributed by atoms with E-state index in [1.165, 1.54) is 28.1 Å². The third-order valence-corrected chi connectivity index (χ3v) is 7.34. The van der Waals surface area contributed by atoms with E-state index in [0.717, 1.165) is 30.2 Å². The molecule has 0 spiro atoms. The number of nitrogens with one attached hydrogen (secondary N) is 1. The highest BCUT2D eigenvalue weighted by Gasteiger charge is 2.31. The van der Waals surface area contributed by atoms with Crippen LogP contribution in [0.25, 0.3) is 10.8 Å². The van der Waals surface area contributed by atoms with E-state index in [4.69, 9.17) is 0 Å². The Balaban J connectivity index is 1.17. The smallest absolute Gasteiger partial charge is 0.238 e. The number of piperazine rings is 1. The zero-order valence-corrected chi connectivity index (χ0v) is 18.1. The van der Waals surface area contributed by atoms with Gasteiger partial charge in [-0.1, -0.05) is 54.6 Å². The molecule has 2 amide bonds. The number of amides is 2. The van der Waals surface area contributed by atoms with Gasteiger partial charge in [0.05, 0.1) is 10.9 Å². The van der Waals surface area contributed by atoms with E-state index in [-0.39, 0.29) is 23.5 Å². The van der Waals surface area contributed by atoms with Crippen molar-refractivity contribution in [3.63, 3.8) is 0 Å². The van der Waals surface area contributed by atoms with Crippen LogP contribution in [-0.2, 0) is 16.1 Å². The van der Waals surface area contributed by atoms with Crippen LogP contribution in [0.1, 0.15) is 12.0 Å². The molecule has 0 aliphatic carbocycles. The van der Waals surface area contributed by atoms with E-state index < -0.39 is 0 Å². The highest BCUT2D eigenvalue weighted by atomic mass is 32.2. The summed E-state index contributed by atoms with van der Waals surface area (Å²) < 4.78 is 0. The number of nitrogens with zero attached hydrogens (tertiary/aromatic N) is 2. The van der Waals surface area contributed by atoms with Gasteiger partial charge in [-0.2, -0.15) is 0 Å². The van der Waals surface area contributed by atoms with Crippen molar-refractivity contribution in [2.75, 3.05) is 31.5 Å². The summed E-state index contributed by atoms with van der Waals surface area (Å²) in [6, 6.07) is 22.7. The summed E-state index contributed by atoms with van der Waals surface area (Å²) in [4.78, 5) is 30.6. The first-order chi connectivity index (χ1) is 15.2. The number of rotatable bonds is 4. The van der Waals surface area contributed by atoms with Gasteiger partial charge in [-0.15, -0.1) is 11.8 Å². The molecule has 1 atom stereocenters. The summed E-state index contributed by atoms with van der Waals surface area (Å²) in [5.41, 5.74) is 2.16. The number of para-hydroxylation sites is 1. The standard InChI is InChI=1S/C25H25N3O2S/c29-24(16-23-25(30)26-21-10-3-4-11-22(21)31-23)28-14-12-27(13-15-28)17-19-8-5-7-18-6-1-2-9-20(18)19/h1-11,23H,12-17H2,(H,26,30)/t23-/m1/s1. The Kier molecular flexibility index (Phi) is 5.66. The molecule has 0 saturated carbocycles. The molecule has 1 fully saturated rings. The van der Waals surface area contributed by atoms with Crippen LogP contribution < -0.4 is 5.32 Å². The molecule has 1 N–H and O–H groups in total. The molecule has 31 heavy (non-hydrogen) atoms. The average Bonchev–Trinajstić information content (AvgIpc) is 2.80. The molecule has 0 aromatic heterocycles. The second kappa shape index (κ2) is 8.73. The van der Waals surface area contributed by atoms with Crippen LogP contribution in [0.4, 0.5) is 5.69 Å². The molecule has 2 aliphatic heterocycles. The van der Waals surface area contributed by atoms with Crippen molar-refractivity contribution in [3.8, 4) is 0 Å². The number of anilines is 1. The maximum Gasteiger partial charge on any atom is 0.238 e. The van der Waals surface area contributed by atoms with Gasteiger partial charge in [0.25, 0.3) is 0 Å². The largest absolute Gasteiger partial charge is 0.340 e. The van der Waals surface area contributed by atoms with Gasteiger partial charge in [0.15, 0.2) is 0 Å². The molecule has 0 bridgehead atoms. The second-order valence-electron chi connectivity index (χ2n) is 8.09. The fraction of sp³-hybridized carbons (Fsp3) is 0.280. The summed E-state index contributed by atoms with van der Waals surface area (Å²) in [5, 5.41) is 5.12. The Hall–Kier alpha value is -2.83. The Morgan fingerprint density at radius 1 is 0.935 bits per heavy atom. The number of hydrogen-bond acceptors (Lipinski definition) is 4. The number of hydrogen-bond donors (Lipinski definition) is 1. The van der Waals surface area contributed by atoms with E-state index in [9.17, 15) is 9.59 Å². The van der Waals surface area contributed by atoms with E-state index >= 15 is 0 Å². The van der Waals surface area contributed by atoms with Crippen LogP contribution in [0.3, 0.4) is 0 Å². The molecular weight excluding hydrogens is 406 g/mol. The lowest BCUT2D eigenvalue weighted by Gasteiger charge is -2.35. The molecule has 0 radical (unpaired) electrons. The Labute approximate surface area is 186 Å². The fourth-order valence-electron chi connectivity index (χ4n) is 4.34. The van der Waals surface area contributed by atoms with Crippen molar-refractivity contribution < 1.29 is 9.59 Å². The van der Waals surface area contributed by atoms with E-state index in [2.05, 4.69) is 52.7 Å². The van der Waals surface area contributed by atoms with Crippen LogP contribution in [0, 0.1) is 0 Å². The molecule has 158 valence electrons. The van der Waals surface area contributed by atoms with Gasteiger partial charge in [0, 0.05) is 44.0 Å². The molecule has 1 saturated heterocycles. The topological polar surface area (TPSA) is 52.7 Å². The van der Waals surface area contributed by atoms with Gasteiger partial charge in [0.1, 0.15) is 0 Å². The van der Waals surface area contributed by atoms with Crippen LogP contribution in [-0.4, -0.2) is 53.0 Å². The van der Waals surface area contributed by atoms with Crippen molar-refractivity contribution in [1.29, 1.82) is 0 Å². The van der Waals surface area contributed by atoms with Gasteiger partial charge in [0.2, 0.25) is 11.8 Å². The number of benzene rings is 3. The molecule has 5 rings (SSSR count). The SMILES string of the molecule is O=C1Nc2ccccc2S[C@@H]1CC(=O)N1CCN(Cc2cccc3ccccc23)CC1. The zero-order chi connectivity index (χ0) is 21.2. The highest BCUT2D eigenvalue weighted by molar-refractivity contribution is 8.01. The van der Waals surface area contributed by atoms with Crippen molar-refractivity contribution in [3.05, 3.63) is 72.3 Å². The highest BCUT2D eigenvalue weighted by Crippen LogP contribution is 2.36. The molecule has 6 heteroatoms.